The standard InChI is InChI=1S/C20H23ClN2O4/c21-20-8-12-5-13(9-20)7-19(6-12,11-20)18(26)27-10-16(24)23-15-4-2-1-3-14(15)17(22)25/h1-4,12-13H,5-11H2,(H2,22,25)(H,23,24)/t12-,13+,19?,20?. The Kier molecular flexibility index (Phi) is 4.41. The third-order valence-corrected chi connectivity index (χ3v) is 6.67. The molecule has 4 bridgehead atoms. The zero-order valence-corrected chi connectivity index (χ0v) is 15.8. The number of anilines is 1. The summed E-state index contributed by atoms with van der Waals surface area (Å²) in [5, 5.41) is 2.59. The number of halogens is 1. The van der Waals surface area contributed by atoms with E-state index in [9.17, 15) is 14.4 Å². The number of hydrogen-bond donors (Lipinski definition) is 2. The molecule has 4 saturated carbocycles. The van der Waals surface area contributed by atoms with E-state index in [-0.39, 0.29) is 16.4 Å². The quantitative estimate of drug-likeness (QED) is 0.596. The first-order chi connectivity index (χ1) is 12.8. The number of carbonyl (C=O) groups excluding carboxylic acids is 3. The van der Waals surface area contributed by atoms with Gasteiger partial charge in [-0.15, -0.1) is 11.6 Å². The van der Waals surface area contributed by atoms with Gasteiger partial charge in [0.05, 0.1) is 16.7 Å². The summed E-state index contributed by atoms with van der Waals surface area (Å²) in [4.78, 5) is 36.2. The molecule has 0 saturated heterocycles. The molecule has 0 heterocycles. The normalized spacial score (nSPS) is 33.5. The Morgan fingerprint density at radius 3 is 2.44 bits per heavy atom. The average molecular weight is 391 g/mol. The molecule has 2 amide bonds. The van der Waals surface area contributed by atoms with Crippen molar-refractivity contribution in [2.75, 3.05) is 11.9 Å². The van der Waals surface area contributed by atoms with Gasteiger partial charge in [-0.2, -0.15) is 0 Å². The lowest BCUT2D eigenvalue weighted by atomic mass is 9.49. The summed E-state index contributed by atoms with van der Waals surface area (Å²) >= 11 is 6.75. The fraction of sp³-hybridized carbons (Fsp3) is 0.550. The fourth-order valence-electron chi connectivity index (χ4n) is 5.67. The molecule has 3 N–H and O–H groups in total. The van der Waals surface area contributed by atoms with E-state index < -0.39 is 23.8 Å². The van der Waals surface area contributed by atoms with Crippen molar-refractivity contribution >= 4 is 35.1 Å². The number of ether oxygens (including phenoxy) is 1. The molecule has 4 fully saturated rings. The molecule has 7 heteroatoms. The van der Waals surface area contributed by atoms with E-state index in [4.69, 9.17) is 22.1 Å². The maximum atomic E-state index is 12.8. The topological polar surface area (TPSA) is 98.5 Å². The molecule has 0 aliphatic heterocycles. The second-order valence-electron chi connectivity index (χ2n) is 8.43. The number of nitrogens with two attached hydrogens (primary N) is 1. The SMILES string of the molecule is NC(=O)c1ccccc1NC(=O)COC(=O)C12C[C@@H]3C[C@@H](CC(Cl)(C3)C1)C2. The maximum absolute atomic E-state index is 12.8. The van der Waals surface area contributed by atoms with Gasteiger partial charge in [0.2, 0.25) is 0 Å². The van der Waals surface area contributed by atoms with E-state index in [1.165, 1.54) is 6.07 Å². The van der Waals surface area contributed by atoms with Gasteiger partial charge in [0.1, 0.15) is 0 Å². The first-order valence-electron chi connectivity index (χ1n) is 9.33. The predicted molar refractivity (Wildman–Crippen MR) is 100 cm³/mol. The van der Waals surface area contributed by atoms with Gasteiger partial charge in [0.25, 0.3) is 11.8 Å². The fourth-order valence-corrected chi connectivity index (χ4v) is 6.36. The highest BCUT2D eigenvalue weighted by Crippen LogP contribution is 2.64. The van der Waals surface area contributed by atoms with Crippen molar-refractivity contribution in [1.82, 2.24) is 0 Å². The molecule has 27 heavy (non-hydrogen) atoms. The molecule has 1 aromatic carbocycles. The summed E-state index contributed by atoms with van der Waals surface area (Å²) in [5.41, 5.74) is 5.28. The van der Waals surface area contributed by atoms with E-state index in [2.05, 4.69) is 5.32 Å². The molecular formula is C20H23ClN2O4. The molecule has 0 radical (unpaired) electrons. The average Bonchev–Trinajstić information content (AvgIpc) is 2.57. The van der Waals surface area contributed by atoms with E-state index in [0.29, 0.717) is 23.9 Å². The van der Waals surface area contributed by atoms with Gasteiger partial charge < -0.3 is 15.8 Å². The molecule has 4 atom stereocenters. The number of nitrogens with one attached hydrogen (secondary N) is 1. The van der Waals surface area contributed by atoms with Crippen molar-refractivity contribution in [2.45, 2.75) is 43.4 Å². The number of amides is 2. The number of primary amides is 1. The summed E-state index contributed by atoms with van der Waals surface area (Å²) in [5.74, 6) is -0.494. The monoisotopic (exact) mass is 390 g/mol. The van der Waals surface area contributed by atoms with Gasteiger partial charge in [0, 0.05) is 4.87 Å². The Morgan fingerprint density at radius 2 is 1.81 bits per heavy atom. The Bertz CT molecular complexity index is 795. The van der Waals surface area contributed by atoms with Crippen molar-refractivity contribution in [3.05, 3.63) is 29.8 Å². The number of benzene rings is 1. The number of carbonyl (C=O) groups is 3. The van der Waals surface area contributed by atoms with Crippen LogP contribution in [0.5, 0.6) is 0 Å². The van der Waals surface area contributed by atoms with Crippen LogP contribution in [0.15, 0.2) is 24.3 Å². The number of alkyl halides is 1. The molecular weight excluding hydrogens is 368 g/mol. The lowest BCUT2D eigenvalue weighted by molar-refractivity contribution is -0.171. The van der Waals surface area contributed by atoms with Gasteiger partial charge >= 0.3 is 5.97 Å². The van der Waals surface area contributed by atoms with Crippen molar-refractivity contribution in [3.8, 4) is 0 Å². The second kappa shape index (κ2) is 6.51. The number of hydrogen-bond acceptors (Lipinski definition) is 4. The van der Waals surface area contributed by atoms with Crippen LogP contribution in [-0.4, -0.2) is 29.3 Å². The first-order valence-corrected chi connectivity index (χ1v) is 9.71. The van der Waals surface area contributed by atoms with Crippen molar-refractivity contribution in [1.29, 1.82) is 0 Å². The zero-order valence-electron chi connectivity index (χ0n) is 15.0. The molecule has 144 valence electrons. The highest BCUT2D eigenvalue weighted by molar-refractivity contribution is 6.24. The van der Waals surface area contributed by atoms with Gasteiger partial charge in [-0.25, -0.2) is 0 Å². The molecule has 0 spiro atoms. The van der Waals surface area contributed by atoms with Crippen LogP contribution < -0.4 is 11.1 Å². The minimum atomic E-state index is -0.635. The Labute approximate surface area is 162 Å². The van der Waals surface area contributed by atoms with Gasteiger partial charge in [0.15, 0.2) is 6.61 Å². The predicted octanol–water partition coefficient (Wildman–Crippen LogP) is 2.85. The summed E-state index contributed by atoms with van der Waals surface area (Å²) in [6, 6.07) is 6.45. The van der Waals surface area contributed by atoms with E-state index in [1.54, 1.807) is 18.2 Å². The highest BCUT2D eigenvalue weighted by atomic mass is 35.5. The van der Waals surface area contributed by atoms with Crippen LogP contribution in [0.1, 0.15) is 48.9 Å². The summed E-state index contributed by atoms with van der Waals surface area (Å²) in [6.07, 6.45) is 5.36. The lowest BCUT2D eigenvalue weighted by Crippen LogP contribution is -2.56. The molecule has 5 rings (SSSR count). The van der Waals surface area contributed by atoms with Crippen LogP contribution in [0.2, 0.25) is 0 Å². The minimum Gasteiger partial charge on any atom is -0.455 e. The molecule has 4 aliphatic carbocycles. The molecule has 4 aliphatic rings. The van der Waals surface area contributed by atoms with E-state index >= 15 is 0 Å². The van der Waals surface area contributed by atoms with Crippen molar-refractivity contribution in [3.63, 3.8) is 0 Å². The summed E-state index contributed by atoms with van der Waals surface area (Å²) in [6.45, 7) is -0.391. The summed E-state index contributed by atoms with van der Waals surface area (Å²) < 4.78 is 5.38. The highest BCUT2D eigenvalue weighted by Gasteiger charge is 2.60. The largest absolute Gasteiger partial charge is 0.455 e. The van der Waals surface area contributed by atoms with Crippen LogP contribution >= 0.6 is 11.6 Å². The van der Waals surface area contributed by atoms with Gasteiger partial charge in [-0.1, -0.05) is 12.1 Å². The minimum absolute atomic E-state index is 0.211. The van der Waals surface area contributed by atoms with Crippen LogP contribution in [0.3, 0.4) is 0 Å². The van der Waals surface area contributed by atoms with Crippen LogP contribution in [0.25, 0.3) is 0 Å². The Hall–Kier alpha value is -2.08. The molecule has 1 aromatic rings. The van der Waals surface area contributed by atoms with Crippen molar-refractivity contribution < 1.29 is 19.1 Å². The maximum Gasteiger partial charge on any atom is 0.312 e. The van der Waals surface area contributed by atoms with Gasteiger partial charge in [-0.05, 0) is 62.5 Å². The lowest BCUT2D eigenvalue weighted by Gasteiger charge is -2.58. The van der Waals surface area contributed by atoms with E-state index in [0.717, 1.165) is 32.1 Å². The Morgan fingerprint density at radius 1 is 1.15 bits per heavy atom. The summed E-state index contributed by atoms with van der Waals surface area (Å²) in [7, 11) is 0. The smallest absolute Gasteiger partial charge is 0.312 e. The molecule has 6 nitrogen and oxygen atoms in total. The van der Waals surface area contributed by atoms with Crippen LogP contribution in [-0.2, 0) is 14.3 Å². The number of para-hydroxylation sites is 1. The zero-order chi connectivity index (χ0) is 19.2. The third kappa shape index (κ3) is 3.43. The van der Waals surface area contributed by atoms with E-state index in [1.807, 2.05) is 0 Å². The van der Waals surface area contributed by atoms with Gasteiger partial charge in [-0.3, -0.25) is 14.4 Å². The Balaban J connectivity index is 1.39. The van der Waals surface area contributed by atoms with Crippen LogP contribution in [0, 0.1) is 17.3 Å². The van der Waals surface area contributed by atoms with Crippen LogP contribution in [0.4, 0.5) is 5.69 Å². The molecule has 0 aromatic heterocycles. The number of rotatable bonds is 5. The molecule has 2 unspecified atom stereocenters. The second-order valence-corrected chi connectivity index (χ2v) is 9.23. The first kappa shape index (κ1) is 18.3. The number of esters is 1. The third-order valence-electron chi connectivity index (χ3n) is 6.22. The van der Waals surface area contributed by atoms with Crippen molar-refractivity contribution in [2.24, 2.45) is 23.0 Å².